The van der Waals surface area contributed by atoms with Gasteiger partial charge >= 0.3 is 0 Å². The van der Waals surface area contributed by atoms with Gasteiger partial charge in [0, 0.05) is 13.0 Å². The van der Waals surface area contributed by atoms with Gasteiger partial charge in [-0.1, -0.05) is 0 Å². The first-order valence-electron chi connectivity index (χ1n) is 4.93. The maximum Gasteiger partial charge on any atom is 0.241 e. The molecule has 0 saturated heterocycles. The molecule has 1 unspecified atom stereocenters. The average Bonchev–Trinajstić information content (AvgIpc) is 2.31. The molecule has 0 aliphatic heterocycles. The molecule has 0 bridgehead atoms. The second kappa shape index (κ2) is 6.42. The summed E-state index contributed by atoms with van der Waals surface area (Å²) in [5, 5.41) is 0. The molecular weight excluding hydrogens is 288 g/mol. The van der Waals surface area contributed by atoms with E-state index in [1.165, 1.54) is 7.11 Å². The highest BCUT2D eigenvalue weighted by molar-refractivity contribution is 7.89. The van der Waals surface area contributed by atoms with Crippen LogP contribution in [-0.4, -0.2) is 34.1 Å². The zero-order chi connectivity index (χ0) is 13.8. The first kappa shape index (κ1) is 15.3. The zero-order valence-electron chi connectivity index (χ0n) is 9.49. The summed E-state index contributed by atoms with van der Waals surface area (Å²) < 4.78 is 56.3. The molecule has 102 valence electrons. The zero-order valence-corrected chi connectivity index (χ0v) is 11.1. The fraction of sp³-hybridized carbons (Fsp3) is 0.400. The summed E-state index contributed by atoms with van der Waals surface area (Å²) in [5.74, 6) is -2.34. The summed E-state index contributed by atoms with van der Waals surface area (Å²) >= 11 is 5.56. The van der Waals surface area contributed by atoms with Crippen LogP contribution in [0, 0.1) is 11.6 Å². The second-order valence-electron chi connectivity index (χ2n) is 3.50. The fourth-order valence-corrected chi connectivity index (χ4v) is 2.73. The van der Waals surface area contributed by atoms with Gasteiger partial charge in [-0.25, -0.2) is 21.9 Å². The van der Waals surface area contributed by atoms with Crippen LogP contribution in [0.15, 0.2) is 23.1 Å². The number of sulfonamides is 1. The topological polar surface area (TPSA) is 55.4 Å². The summed E-state index contributed by atoms with van der Waals surface area (Å²) in [7, 11) is -2.56. The van der Waals surface area contributed by atoms with Crippen molar-refractivity contribution in [2.24, 2.45) is 0 Å². The Morgan fingerprint density at radius 3 is 2.56 bits per heavy atom. The number of ether oxygens (including phenoxy) is 1. The van der Waals surface area contributed by atoms with E-state index in [0.29, 0.717) is 6.07 Å². The molecular formula is C10H12ClF2NO3S. The Bertz CT molecular complexity index is 510. The van der Waals surface area contributed by atoms with E-state index in [1.54, 1.807) is 0 Å². The molecule has 0 saturated carbocycles. The minimum absolute atomic E-state index is 0.00323. The Morgan fingerprint density at radius 1 is 1.39 bits per heavy atom. The Balaban J connectivity index is 2.95. The highest BCUT2D eigenvalue weighted by Gasteiger charge is 2.20. The average molecular weight is 300 g/mol. The van der Waals surface area contributed by atoms with Crippen LogP contribution >= 0.6 is 11.6 Å². The number of halogens is 3. The van der Waals surface area contributed by atoms with Crippen molar-refractivity contribution in [1.82, 2.24) is 4.72 Å². The molecule has 0 amide bonds. The molecule has 0 heterocycles. The van der Waals surface area contributed by atoms with Gasteiger partial charge in [0.05, 0.1) is 17.5 Å². The SMILES string of the molecule is COCC(CCl)NS(=O)(=O)c1ccc(F)c(F)c1. The van der Waals surface area contributed by atoms with Crippen molar-refractivity contribution in [1.29, 1.82) is 0 Å². The van der Waals surface area contributed by atoms with E-state index >= 15 is 0 Å². The first-order chi connectivity index (χ1) is 8.40. The second-order valence-corrected chi connectivity index (χ2v) is 5.53. The smallest absolute Gasteiger partial charge is 0.241 e. The van der Waals surface area contributed by atoms with Crippen molar-refractivity contribution in [3.8, 4) is 0 Å². The lowest BCUT2D eigenvalue weighted by atomic mass is 10.3. The van der Waals surface area contributed by atoms with Gasteiger partial charge in [0.1, 0.15) is 0 Å². The van der Waals surface area contributed by atoms with Crippen LogP contribution in [0.2, 0.25) is 0 Å². The predicted molar refractivity (Wildman–Crippen MR) is 63.1 cm³/mol. The summed E-state index contributed by atoms with van der Waals surface area (Å²) in [6.07, 6.45) is 0. The molecule has 4 nitrogen and oxygen atoms in total. The summed E-state index contributed by atoms with van der Waals surface area (Å²) in [4.78, 5) is -0.368. The van der Waals surface area contributed by atoms with Crippen LogP contribution in [0.25, 0.3) is 0 Å². The van der Waals surface area contributed by atoms with Crippen LogP contribution in [-0.2, 0) is 14.8 Å². The molecule has 1 aromatic rings. The van der Waals surface area contributed by atoms with E-state index in [-0.39, 0.29) is 17.4 Å². The summed E-state index contributed by atoms with van der Waals surface area (Å²) in [6.45, 7) is 0.0758. The van der Waals surface area contributed by atoms with Crippen molar-refractivity contribution < 1.29 is 21.9 Å². The third-order valence-corrected chi connectivity index (χ3v) is 3.97. The number of methoxy groups -OCH3 is 1. The monoisotopic (exact) mass is 299 g/mol. The largest absolute Gasteiger partial charge is 0.383 e. The number of rotatable bonds is 6. The van der Waals surface area contributed by atoms with Gasteiger partial charge in [-0.2, -0.15) is 0 Å². The van der Waals surface area contributed by atoms with Crippen LogP contribution in [0.1, 0.15) is 0 Å². The van der Waals surface area contributed by atoms with Crippen LogP contribution in [0.5, 0.6) is 0 Å². The molecule has 0 aliphatic carbocycles. The quantitative estimate of drug-likeness (QED) is 0.810. The molecule has 0 radical (unpaired) electrons. The van der Waals surface area contributed by atoms with Gasteiger partial charge in [-0.15, -0.1) is 11.6 Å². The molecule has 1 aromatic carbocycles. The van der Waals surface area contributed by atoms with E-state index in [0.717, 1.165) is 12.1 Å². The van der Waals surface area contributed by atoms with E-state index < -0.39 is 27.7 Å². The van der Waals surface area contributed by atoms with Crippen molar-refractivity contribution in [2.75, 3.05) is 19.6 Å². The Kier molecular flexibility index (Phi) is 5.46. The Labute approximate surface area is 109 Å². The fourth-order valence-electron chi connectivity index (χ4n) is 1.24. The molecule has 8 heteroatoms. The van der Waals surface area contributed by atoms with E-state index in [2.05, 4.69) is 4.72 Å². The van der Waals surface area contributed by atoms with Crippen LogP contribution in [0.3, 0.4) is 0 Å². The first-order valence-corrected chi connectivity index (χ1v) is 6.94. The molecule has 0 fully saturated rings. The number of alkyl halides is 1. The third-order valence-electron chi connectivity index (χ3n) is 2.08. The van der Waals surface area contributed by atoms with Crippen LogP contribution in [0.4, 0.5) is 8.78 Å². The molecule has 18 heavy (non-hydrogen) atoms. The number of hydrogen-bond acceptors (Lipinski definition) is 3. The Morgan fingerprint density at radius 2 is 2.06 bits per heavy atom. The predicted octanol–water partition coefficient (Wildman–Crippen LogP) is 1.50. The highest BCUT2D eigenvalue weighted by Crippen LogP contribution is 2.14. The molecule has 0 aromatic heterocycles. The lowest BCUT2D eigenvalue weighted by Crippen LogP contribution is -2.39. The lowest BCUT2D eigenvalue weighted by molar-refractivity contribution is 0.181. The van der Waals surface area contributed by atoms with Gasteiger partial charge in [-0.3, -0.25) is 0 Å². The Hall–Kier alpha value is -0.760. The normalized spacial score (nSPS) is 13.6. The molecule has 0 spiro atoms. The van der Waals surface area contributed by atoms with Crippen LogP contribution < -0.4 is 4.72 Å². The number of hydrogen-bond donors (Lipinski definition) is 1. The van der Waals surface area contributed by atoms with Gasteiger partial charge in [0.15, 0.2) is 11.6 Å². The van der Waals surface area contributed by atoms with Gasteiger partial charge in [0.2, 0.25) is 10.0 Å². The van der Waals surface area contributed by atoms with Gasteiger partial charge < -0.3 is 4.74 Å². The summed E-state index contributed by atoms with van der Waals surface area (Å²) in [5.41, 5.74) is 0. The molecule has 1 rings (SSSR count). The van der Waals surface area contributed by atoms with E-state index in [4.69, 9.17) is 16.3 Å². The summed E-state index contributed by atoms with van der Waals surface area (Å²) in [6, 6.07) is 1.68. The van der Waals surface area contributed by atoms with E-state index in [9.17, 15) is 17.2 Å². The maximum absolute atomic E-state index is 13.0. The third kappa shape index (κ3) is 3.88. The van der Waals surface area contributed by atoms with E-state index in [1.807, 2.05) is 0 Å². The molecule has 1 atom stereocenters. The number of benzene rings is 1. The lowest BCUT2D eigenvalue weighted by Gasteiger charge is -2.15. The highest BCUT2D eigenvalue weighted by atomic mass is 35.5. The maximum atomic E-state index is 13.0. The minimum atomic E-state index is -3.95. The minimum Gasteiger partial charge on any atom is -0.383 e. The van der Waals surface area contributed by atoms with Crippen molar-refractivity contribution in [3.05, 3.63) is 29.8 Å². The van der Waals surface area contributed by atoms with Gasteiger partial charge in [0.25, 0.3) is 0 Å². The van der Waals surface area contributed by atoms with Crippen molar-refractivity contribution >= 4 is 21.6 Å². The molecule has 0 aliphatic rings. The molecule has 1 N–H and O–H groups in total. The van der Waals surface area contributed by atoms with Gasteiger partial charge in [-0.05, 0) is 18.2 Å². The van der Waals surface area contributed by atoms with Crippen molar-refractivity contribution in [3.63, 3.8) is 0 Å². The standard InChI is InChI=1S/C10H12ClF2NO3S/c1-17-6-7(5-11)14-18(15,16)8-2-3-9(12)10(13)4-8/h2-4,7,14H,5-6H2,1H3. The van der Waals surface area contributed by atoms with Crippen molar-refractivity contribution in [2.45, 2.75) is 10.9 Å². The number of nitrogens with one attached hydrogen (secondary N) is 1.